The summed E-state index contributed by atoms with van der Waals surface area (Å²) in [5, 5.41) is 0. The first-order valence-electron chi connectivity index (χ1n) is 6.56. The van der Waals surface area contributed by atoms with Crippen LogP contribution < -0.4 is 0 Å². The Morgan fingerprint density at radius 2 is 1.59 bits per heavy atom. The Balaban J connectivity index is 2.48. The molecule has 1 atom stereocenters. The van der Waals surface area contributed by atoms with Crippen molar-refractivity contribution in [2.45, 2.75) is 59.7 Å². The minimum Gasteiger partial charge on any atom is -0.287 e. The van der Waals surface area contributed by atoms with Gasteiger partial charge in [0.05, 0.1) is 0 Å². The highest BCUT2D eigenvalue weighted by atomic mass is 15.2. The van der Waals surface area contributed by atoms with Crippen molar-refractivity contribution in [2.75, 3.05) is 0 Å². The zero-order valence-electron chi connectivity index (χ0n) is 12.0. The van der Waals surface area contributed by atoms with Crippen LogP contribution in [0.15, 0.2) is 24.3 Å². The maximum absolute atomic E-state index is 2.64. The Kier molecular flexibility index (Phi) is 2.86. The molecule has 0 saturated carbocycles. The van der Waals surface area contributed by atoms with E-state index in [1.165, 1.54) is 11.1 Å². The molecule has 1 aliphatic rings. The van der Waals surface area contributed by atoms with Crippen LogP contribution in [0.1, 0.15) is 58.7 Å². The number of rotatable bonds is 0. The summed E-state index contributed by atoms with van der Waals surface area (Å²) in [6.07, 6.45) is 0. The molecule has 0 saturated heterocycles. The molecule has 1 heteroatoms. The van der Waals surface area contributed by atoms with Gasteiger partial charge in [-0.25, -0.2) is 0 Å². The van der Waals surface area contributed by atoms with Crippen molar-refractivity contribution >= 4 is 0 Å². The van der Waals surface area contributed by atoms with Gasteiger partial charge in [-0.15, -0.1) is 0 Å². The van der Waals surface area contributed by atoms with Crippen molar-refractivity contribution in [1.82, 2.24) is 4.90 Å². The Morgan fingerprint density at radius 3 is 2.12 bits per heavy atom. The first kappa shape index (κ1) is 12.6. The molecule has 2 rings (SSSR count). The summed E-state index contributed by atoms with van der Waals surface area (Å²) in [7, 11) is 0. The van der Waals surface area contributed by atoms with Crippen LogP contribution in [0.25, 0.3) is 0 Å². The van der Waals surface area contributed by atoms with Gasteiger partial charge in [0.2, 0.25) is 0 Å². The van der Waals surface area contributed by atoms with E-state index in [0.717, 1.165) is 6.54 Å². The second kappa shape index (κ2) is 3.84. The van der Waals surface area contributed by atoms with Gasteiger partial charge in [-0.2, -0.15) is 0 Å². The first-order valence-corrected chi connectivity index (χ1v) is 6.56. The molecule has 1 nitrogen and oxygen atoms in total. The fourth-order valence-corrected chi connectivity index (χ4v) is 2.95. The maximum Gasteiger partial charge on any atom is 0.0408 e. The van der Waals surface area contributed by atoms with Crippen LogP contribution in [-0.2, 0) is 6.54 Å². The molecule has 0 radical (unpaired) electrons. The van der Waals surface area contributed by atoms with Gasteiger partial charge in [0, 0.05) is 18.1 Å². The summed E-state index contributed by atoms with van der Waals surface area (Å²) >= 11 is 0. The average molecular weight is 231 g/mol. The Hall–Kier alpha value is -0.820. The molecule has 1 aromatic carbocycles. The Bertz CT molecular complexity index is 406. The van der Waals surface area contributed by atoms with Crippen molar-refractivity contribution in [3.8, 4) is 0 Å². The topological polar surface area (TPSA) is 3.24 Å². The highest BCUT2D eigenvalue weighted by Gasteiger charge is 2.42. The predicted molar refractivity (Wildman–Crippen MR) is 73.9 cm³/mol. The van der Waals surface area contributed by atoms with Crippen LogP contribution in [0.4, 0.5) is 0 Å². The van der Waals surface area contributed by atoms with Crippen molar-refractivity contribution in [2.24, 2.45) is 5.41 Å². The molecule has 0 N–H and O–H groups in total. The van der Waals surface area contributed by atoms with Crippen molar-refractivity contribution in [1.29, 1.82) is 0 Å². The lowest BCUT2D eigenvalue weighted by molar-refractivity contribution is 0.0308. The molecule has 0 unspecified atom stereocenters. The molecule has 0 fully saturated rings. The van der Waals surface area contributed by atoms with E-state index in [2.05, 4.69) is 70.7 Å². The SMILES string of the molecule is CC(C)(C)[C@H]1c2ccccc2CN1C(C)(C)C. The molecule has 0 aliphatic carbocycles. The zero-order chi connectivity index (χ0) is 12.8. The summed E-state index contributed by atoms with van der Waals surface area (Å²) in [4.78, 5) is 2.64. The molecule has 0 bridgehead atoms. The molecule has 1 aromatic rings. The van der Waals surface area contributed by atoms with Gasteiger partial charge in [-0.3, -0.25) is 4.90 Å². The van der Waals surface area contributed by atoms with Crippen molar-refractivity contribution < 1.29 is 0 Å². The molecule has 0 spiro atoms. The van der Waals surface area contributed by atoms with Gasteiger partial charge in [0.1, 0.15) is 0 Å². The fraction of sp³-hybridized carbons (Fsp3) is 0.625. The zero-order valence-corrected chi connectivity index (χ0v) is 12.0. The van der Waals surface area contributed by atoms with E-state index < -0.39 is 0 Å². The van der Waals surface area contributed by atoms with Gasteiger partial charge in [0.25, 0.3) is 0 Å². The standard InChI is InChI=1S/C16H25N/c1-15(2,3)14-13-10-8-7-9-12(13)11-17(14)16(4,5)6/h7-10,14H,11H2,1-6H3/t14-/m1/s1. The first-order chi connectivity index (χ1) is 7.71. The smallest absolute Gasteiger partial charge is 0.0408 e. The molecule has 0 aromatic heterocycles. The van der Waals surface area contributed by atoms with E-state index in [4.69, 9.17) is 0 Å². The van der Waals surface area contributed by atoms with Crippen LogP contribution in [-0.4, -0.2) is 10.4 Å². The minimum atomic E-state index is 0.219. The average Bonchev–Trinajstić information content (AvgIpc) is 2.54. The van der Waals surface area contributed by atoms with E-state index in [-0.39, 0.29) is 11.0 Å². The van der Waals surface area contributed by atoms with Crippen LogP contribution in [0.3, 0.4) is 0 Å². The number of nitrogens with zero attached hydrogens (tertiary/aromatic N) is 1. The predicted octanol–water partition coefficient (Wildman–Crippen LogP) is 4.39. The third-order valence-electron chi connectivity index (χ3n) is 3.68. The number of fused-ring (bicyclic) bond motifs is 1. The Morgan fingerprint density at radius 1 is 1.00 bits per heavy atom. The molecule has 1 aliphatic heterocycles. The lowest BCUT2D eigenvalue weighted by Gasteiger charge is -2.43. The van der Waals surface area contributed by atoms with Gasteiger partial charge in [0.15, 0.2) is 0 Å². The van der Waals surface area contributed by atoms with E-state index >= 15 is 0 Å². The molecular weight excluding hydrogens is 206 g/mol. The summed E-state index contributed by atoms with van der Waals surface area (Å²) in [5.41, 5.74) is 3.52. The molecule has 0 amide bonds. The fourth-order valence-electron chi connectivity index (χ4n) is 2.95. The number of hydrogen-bond acceptors (Lipinski definition) is 1. The van der Waals surface area contributed by atoms with E-state index in [9.17, 15) is 0 Å². The number of hydrogen-bond donors (Lipinski definition) is 0. The monoisotopic (exact) mass is 231 g/mol. The van der Waals surface area contributed by atoms with Crippen molar-refractivity contribution in [3.05, 3.63) is 35.4 Å². The summed E-state index contributed by atoms with van der Waals surface area (Å²) in [6, 6.07) is 9.43. The lowest BCUT2D eigenvalue weighted by atomic mass is 9.81. The summed E-state index contributed by atoms with van der Waals surface area (Å²) in [6.45, 7) is 15.1. The Labute approximate surface area is 106 Å². The molecular formula is C16H25N. The normalized spacial score (nSPS) is 21.6. The maximum atomic E-state index is 2.64. The number of benzene rings is 1. The highest BCUT2D eigenvalue weighted by molar-refractivity contribution is 5.35. The van der Waals surface area contributed by atoms with Gasteiger partial charge < -0.3 is 0 Å². The van der Waals surface area contributed by atoms with Gasteiger partial charge in [-0.05, 0) is 37.3 Å². The van der Waals surface area contributed by atoms with Crippen LogP contribution in [0.2, 0.25) is 0 Å². The second-order valence-corrected chi connectivity index (χ2v) is 7.27. The van der Waals surface area contributed by atoms with E-state index in [1.807, 2.05) is 0 Å². The van der Waals surface area contributed by atoms with Crippen molar-refractivity contribution in [3.63, 3.8) is 0 Å². The molecule has 1 heterocycles. The summed E-state index contributed by atoms with van der Waals surface area (Å²) in [5.74, 6) is 0. The summed E-state index contributed by atoms with van der Waals surface area (Å²) < 4.78 is 0. The van der Waals surface area contributed by atoms with Crippen LogP contribution in [0.5, 0.6) is 0 Å². The largest absolute Gasteiger partial charge is 0.287 e. The van der Waals surface area contributed by atoms with Gasteiger partial charge in [-0.1, -0.05) is 45.0 Å². The second-order valence-electron chi connectivity index (χ2n) is 7.27. The minimum absolute atomic E-state index is 0.219. The van der Waals surface area contributed by atoms with Crippen LogP contribution >= 0.6 is 0 Å². The third-order valence-corrected chi connectivity index (χ3v) is 3.68. The molecule has 94 valence electrons. The van der Waals surface area contributed by atoms with E-state index in [1.54, 1.807) is 0 Å². The third kappa shape index (κ3) is 2.26. The molecule has 17 heavy (non-hydrogen) atoms. The van der Waals surface area contributed by atoms with Crippen LogP contribution in [0, 0.1) is 5.41 Å². The van der Waals surface area contributed by atoms with Gasteiger partial charge >= 0.3 is 0 Å². The lowest BCUT2D eigenvalue weighted by Crippen LogP contribution is -2.44. The highest BCUT2D eigenvalue weighted by Crippen LogP contribution is 2.47. The van der Waals surface area contributed by atoms with E-state index in [0.29, 0.717) is 6.04 Å². The quantitative estimate of drug-likeness (QED) is 0.640.